The highest BCUT2D eigenvalue weighted by Crippen LogP contribution is 1.67. The van der Waals surface area contributed by atoms with Crippen molar-refractivity contribution in [3.8, 4) is 0 Å². The molecular weight excluding hydrogens is 275 g/mol. The molecule has 0 aromatic carbocycles. The Morgan fingerprint density at radius 3 is 0.867 bits per heavy atom. The van der Waals surface area contributed by atoms with Gasteiger partial charge in [-0.05, 0) is 0 Å². The highest BCUT2D eigenvalue weighted by Gasteiger charge is 1.46. The van der Waals surface area contributed by atoms with Gasteiger partial charge in [0, 0.05) is 19.0 Å². The Kier molecular flexibility index (Phi) is 158. The average molecular weight is 308 g/mol. The number of rotatable bonds is 0. The Balaban J connectivity index is -0.0000000278. The van der Waals surface area contributed by atoms with E-state index in [4.69, 9.17) is 22.2 Å². The van der Waals surface area contributed by atoms with E-state index in [1.807, 2.05) is 0 Å². The summed E-state index contributed by atoms with van der Waals surface area (Å²) in [5.74, 6) is 0. The fraction of sp³-hybridized carbons (Fsp3) is 1.00. The summed E-state index contributed by atoms with van der Waals surface area (Å²) < 4.78 is 0. The lowest BCUT2D eigenvalue weighted by molar-refractivity contribution is 1.09. The lowest BCUT2D eigenvalue weighted by atomic mass is 10.6. The zero-order valence-corrected chi connectivity index (χ0v) is 17.4. The zero-order chi connectivity index (χ0) is 13.5. The van der Waals surface area contributed by atoms with E-state index < -0.39 is 8.14 Å². The van der Waals surface area contributed by atoms with Crippen LogP contribution in [-0.4, -0.2) is 27.2 Å². The number of hydrogen-bond donors (Lipinski definition) is 0. The normalized spacial score (nSPS) is 6.00. The van der Waals surface area contributed by atoms with Crippen molar-refractivity contribution >= 4 is 49.3 Å². The molecule has 0 saturated heterocycles. The van der Waals surface area contributed by atoms with Crippen LogP contribution in [-0.2, 0) is 0 Å². The van der Waals surface area contributed by atoms with Crippen molar-refractivity contribution in [1.82, 2.24) is 0 Å². The second kappa shape index (κ2) is 79.5. The minimum absolute atomic E-state index is 0.417. The first-order valence-corrected chi connectivity index (χ1v) is 14.9. The Bertz CT molecular complexity index is 30.2. The molecule has 0 nitrogen and oxygen atoms in total. The maximum Gasteiger partial charge on any atom is 0.222 e. The van der Waals surface area contributed by atoms with Crippen LogP contribution in [0.2, 0.25) is 26.2 Å². The van der Waals surface area contributed by atoms with Crippen molar-refractivity contribution in [3.05, 3.63) is 0 Å². The summed E-state index contributed by atoms with van der Waals surface area (Å²) in [7, 11) is 0.861. The Labute approximate surface area is 116 Å². The van der Waals surface area contributed by atoms with E-state index in [1.54, 1.807) is 0 Å². The van der Waals surface area contributed by atoms with Crippen LogP contribution >= 0.6 is 22.2 Å². The molecule has 0 aromatic heterocycles. The van der Waals surface area contributed by atoms with Gasteiger partial charge in [-0.1, -0.05) is 66.7 Å². The van der Waals surface area contributed by atoms with Crippen LogP contribution in [0.25, 0.3) is 0 Å². The van der Waals surface area contributed by atoms with Gasteiger partial charge in [-0.2, -0.15) is 22.2 Å². The Hall–Kier alpha value is 1.23. The van der Waals surface area contributed by atoms with Gasteiger partial charge in [0.2, 0.25) is 8.14 Å². The van der Waals surface area contributed by atoms with Gasteiger partial charge in [0.25, 0.3) is 0 Å². The summed E-state index contributed by atoms with van der Waals surface area (Å²) in [5.41, 5.74) is 0. The second-order valence-corrected chi connectivity index (χ2v) is 7.76. The third-order valence-electron chi connectivity index (χ3n) is 0. The molecule has 0 atom stereocenters. The van der Waals surface area contributed by atoms with Crippen LogP contribution in [0.5, 0.6) is 0 Å². The van der Waals surface area contributed by atoms with Gasteiger partial charge >= 0.3 is 0 Å². The molecule has 0 N–H and O–H groups in total. The van der Waals surface area contributed by atoms with Gasteiger partial charge in [0.15, 0.2) is 0 Å². The summed E-state index contributed by atoms with van der Waals surface area (Å²) in [6, 6.07) is 0. The third kappa shape index (κ3) is 1760. The molecule has 0 spiro atoms. The SMILES string of the molecule is CCC.CCC.C[SiH2]C.C[Si]C.Cl[SiH2]Cl. The molecule has 0 aliphatic heterocycles. The minimum Gasteiger partial charge on any atom is -0.155 e. The maximum atomic E-state index is 4.90. The molecule has 0 fully saturated rings. The van der Waals surface area contributed by atoms with Crippen LogP contribution < -0.4 is 0 Å². The summed E-state index contributed by atoms with van der Waals surface area (Å²) in [6.07, 6.45) is 2.50. The largest absolute Gasteiger partial charge is 0.222 e. The molecule has 0 heterocycles. The summed E-state index contributed by atoms with van der Waals surface area (Å²) in [6.45, 7) is 17.3. The van der Waals surface area contributed by atoms with E-state index in [9.17, 15) is 0 Å². The fourth-order valence-electron chi connectivity index (χ4n) is 0. The monoisotopic (exact) mass is 306 g/mol. The molecule has 2 radical (unpaired) electrons. The minimum atomic E-state index is -0.639. The van der Waals surface area contributed by atoms with Gasteiger partial charge in [-0.25, -0.2) is 0 Å². The molecule has 15 heavy (non-hydrogen) atoms. The van der Waals surface area contributed by atoms with E-state index in [0.29, 0.717) is 9.52 Å². The molecular formula is C10H32Cl2Si3. The van der Waals surface area contributed by atoms with Gasteiger partial charge in [0.1, 0.15) is 0 Å². The summed E-state index contributed by atoms with van der Waals surface area (Å²) in [5, 5.41) is 0. The van der Waals surface area contributed by atoms with E-state index >= 15 is 0 Å². The van der Waals surface area contributed by atoms with Crippen LogP contribution in [0.3, 0.4) is 0 Å². The molecule has 0 amide bonds. The standard InChI is InChI=1S/2C3H8.C2H8Si.C2H6Si.Cl2H2Si/c5*1-3-2/h3*3H2,1-2H3;1-2H3;3H2. The van der Waals surface area contributed by atoms with Crippen LogP contribution in [0, 0.1) is 0 Å². The topological polar surface area (TPSA) is 0 Å². The quantitative estimate of drug-likeness (QED) is 0.461. The van der Waals surface area contributed by atoms with Gasteiger partial charge in [-0.15, -0.1) is 0 Å². The van der Waals surface area contributed by atoms with Crippen molar-refractivity contribution in [3.63, 3.8) is 0 Å². The number of hydrogen-bond acceptors (Lipinski definition) is 0. The van der Waals surface area contributed by atoms with Crippen LogP contribution in [0.15, 0.2) is 0 Å². The van der Waals surface area contributed by atoms with Gasteiger partial charge in [0.05, 0.1) is 0 Å². The molecule has 0 aliphatic carbocycles. The molecule has 98 valence electrons. The molecule has 0 bridgehead atoms. The average Bonchev–Trinajstić information content (AvgIpc) is 2.09. The second-order valence-electron chi connectivity index (χ2n) is 2.72. The summed E-state index contributed by atoms with van der Waals surface area (Å²) >= 11 is 9.81. The van der Waals surface area contributed by atoms with Crippen LogP contribution in [0.1, 0.15) is 40.5 Å². The lowest BCUT2D eigenvalue weighted by Crippen LogP contribution is -1.53. The van der Waals surface area contributed by atoms with Crippen LogP contribution in [0.4, 0.5) is 0 Å². The smallest absolute Gasteiger partial charge is 0.155 e. The molecule has 0 aromatic rings. The fourth-order valence-corrected chi connectivity index (χ4v) is 0. The Morgan fingerprint density at radius 2 is 0.867 bits per heavy atom. The molecule has 5 heteroatoms. The molecule has 0 rings (SSSR count). The highest BCUT2D eigenvalue weighted by molar-refractivity contribution is 7.22. The predicted octanol–water partition coefficient (Wildman–Crippen LogP) is 4.33. The predicted molar refractivity (Wildman–Crippen MR) is 89.9 cm³/mol. The van der Waals surface area contributed by atoms with Crippen molar-refractivity contribution in [2.24, 2.45) is 0 Å². The molecule has 0 unspecified atom stereocenters. The van der Waals surface area contributed by atoms with Crippen molar-refractivity contribution in [2.75, 3.05) is 0 Å². The number of halogens is 2. The van der Waals surface area contributed by atoms with E-state index in [-0.39, 0.29) is 0 Å². The van der Waals surface area contributed by atoms with Crippen molar-refractivity contribution < 1.29 is 0 Å². The molecule has 0 saturated carbocycles. The first-order valence-electron chi connectivity index (χ1n) is 5.78. The third-order valence-corrected chi connectivity index (χ3v) is 0. The first-order chi connectivity index (χ1) is 7.07. The van der Waals surface area contributed by atoms with Gasteiger partial charge < -0.3 is 0 Å². The Morgan fingerprint density at radius 1 is 0.867 bits per heavy atom. The molecule has 0 aliphatic rings. The summed E-state index contributed by atoms with van der Waals surface area (Å²) in [4.78, 5) is 0. The maximum absolute atomic E-state index is 4.90. The lowest BCUT2D eigenvalue weighted by Gasteiger charge is -1.48. The van der Waals surface area contributed by atoms with E-state index in [1.165, 1.54) is 12.8 Å². The van der Waals surface area contributed by atoms with Gasteiger partial charge in [-0.3, -0.25) is 0 Å². The highest BCUT2D eigenvalue weighted by atomic mass is 35.7. The van der Waals surface area contributed by atoms with Crippen molar-refractivity contribution in [2.45, 2.75) is 66.7 Å². The van der Waals surface area contributed by atoms with E-state index in [0.717, 1.165) is 9.52 Å². The first kappa shape index (κ1) is 29.9. The zero-order valence-electron chi connectivity index (χ0n) is 12.1. The van der Waals surface area contributed by atoms with E-state index in [2.05, 4.69) is 53.9 Å². The van der Waals surface area contributed by atoms with Crippen molar-refractivity contribution in [1.29, 1.82) is 0 Å².